The van der Waals surface area contributed by atoms with Gasteiger partial charge in [0.05, 0.1) is 0 Å². The minimum Gasteiger partial charge on any atom is -0.293 e. The molecule has 15 heavy (non-hydrogen) atoms. The summed E-state index contributed by atoms with van der Waals surface area (Å²) in [5.41, 5.74) is 1.67. The van der Waals surface area contributed by atoms with Gasteiger partial charge in [0.2, 0.25) is 0 Å². The van der Waals surface area contributed by atoms with Crippen molar-refractivity contribution in [3.63, 3.8) is 0 Å². The zero-order valence-electron chi connectivity index (χ0n) is 8.95. The Labute approximate surface area is 94.0 Å². The van der Waals surface area contributed by atoms with Crippen molar-refractivity contribution in [2.24, 2.45) is 5.92 Å². The average molecular weight is 224 g/mol. The molecule has 4 heteroatoms. The largest absolute Gasteiger partial charge is 0.293 e. The third-order valence-corrected chi connectivity index (χ3v) is 4.04. The van der Waals surface area contributed by atoms with E-state index in [1.54, 1.807) is 6.92 Å². The molecule has 1 fully saturated rings. The topological polar surface area (TPSA) is 45.8 Å². The fourth-order valence-electron chi connectivity index (χ4n) is 1.93. The lowest BCUT2D eigenvalue weighted by atomic mass is 9.99. The predicted octanol–water partition coefficient (Wildman–Crippen LogP) is 2.30. The average Bonchev–Trinajstić information content (AvgIpc) is 2.68. The highest BCUT2D eigenvalue weighted by Crippen LogP contribution is 2.25. The molecule has 1 aliphatic rings. The highest BCUT2D eigenvalue weighted by molar-refractivity contribution is 7.99. The number of hydrogen-bond donors (Lipinski definition) is 1. The molecule has 1 unspecified atom stereocenters. The molecule has 1 N–H and O–H groups in total. The summed E-state index contributed by atoms with van der Waals surface area (Å²) in [6.07, 6.45) is 3.66. The van der Waals surface area contributed by atoms with E-state index in [1.807, 2.05) is 17.8 Å². The molecule has 0 aromatic carbocycles. The van der Waals surface area contributed by atoms with Crippen LogP contribution in [0.15, 0.2) is 6.07 Å². The van der Waals surface area contributed by atoms with Crippen molar-refractivity contribution in [1.29, 1.82) is 0 Å². The quantitative estimate of drug-likeness (QED) is 0.801. The van der Waals surface area contributed by atoms with Crippen LogP contribution in [-0.2, 0) is 6.42 Å². The van der Waals surface area contributed by atoms with Crippen molar-refractivity contribution in [3.05, 3.63) is 17.5 Å². The first kappa shape index (κ1) is 10.7. The molecule has 1 aromatic heterocycles. The molecule has 1 aromatic rings. The van der Waals surface area contributed by atoms with E-state index in [4.69, 9.17) is 0 Å². The first-order valence-electron chi connectivity index (χ1n) is 5.38. The van der Waals surface area contributed by atoms with Crippen LogP contribution in [0.4, 0.5) is 0 Å². The minimum atomic E-state index is 0.0375. The van der Waals surface area contributed by atoms with E-state index in [-0.39, 0.29) is 5.78 Å². The molecular weight excluding hydrogens is 208 g/mol. The molecule has 2 heterocycles. The van der Waals surface area contributed by atoms with Crippen LogP contribution in [0, 0.1) is 5.92 Å². The first-order valence-corrected chi connectivity index (χ1v) is 6.54. The fourth-order valence-corrected chi connectivity index (χ4v) is 3.08. The summed E-state index contributed by atoms with van der Waals surface area (Å²) in [6, 6.07) is 1.89. The number of rotatable bonds is 3. The summed E-state index contributed by atoms with van der Waals surface area (Å²) < 4.78 is 0. The predicted molar refractivity (Wildman–Crippen MR) is 62.3 cm³/mol. The Morgan fingerprint density at radius 3 is 3.20 bits per heavy atom. The lowest BCUT2D eigenvalue weighted by Crippen LogP contribution is -2.13. The number of thioether (sulfide) groups is 1. The second-order valence-electron chi connectivity index (χ2n) is 4.12. The molecule has 1 atom stereocenters. The molecule has 3 nitrogen and oxygen atoms in total. The Morgan fingerprint density at radius 1 is 1.73 bits per heavy atom. The number of carbonyl (C=O) groups excluding carboxylic acids is 1. The van der Waals surface area contributed by atoms with Crippen molar-refractivity contribution in [2.45, 2.75) is 26.2 Å². The number of aromatic nitrogens is 2. The maximum Gasteiger partial charge on any atom is 0.179 e. The van der Waals surface area contributed by atoms with Gasteiger partial charge in [-0.15, -0.1) is 0 Å². The maximum atomic E-state index is 11.1. The molecule has 82 valence electrons. The van der Waals surface area contributed by atoms with E-state index in [2.05, 4.69) is 10.2 Å². The molecule has 0 spiro atoms. The Hall–Kier alpha value is -0.770. The van der Waals surface area contributed by atoms with Gasteiger partial charge in [-0.1, -0.05) is 0 Å². The van der Waals surface area contributed by atoms with Crippen LogP contribution in [0.1, 0.15) is 35.9 Å². The van der Waals surface area contributed by atoms with Gasteiger partial charge in [-0.3, -0.25) is 9.89 Å². The van der Waals surface area contributed by atoms with Crippen LogP contribution >= 0.6 is 11.8 Å². The zero-order chi connectivity index (χ0) is 10.7. The van der Waals surface area contributed by atoms with E-state index in [9.17, 15) is 4.79 Å². The summed E-state index contributed by atoms with van der Waals surface area (Å²) in [5, 5.41) is 6.95. The van der Waals surface area contributed by atoms with E-state index in [0.29, 0.717) is 5.69 Å². The van der Waals surface area contributed by atoms with Gasteiger partial charge in [0.1, 0.15) is 5.69 Å². The number of carbonyl (C=O) groups is 1. The van der Waals surface area contributed by atoms with Crippen LogP contribution < -0.4 is 0 Å². The summed E-state index contributed by atoms with van der Waals surface area (Å²) in [7, 11) is 0. The lowest BCUT2D eigenvalue weighted by Gasteiger charge is -2.20. The number of hydrogen-bond acceptors (Lipinski definition) is 3. The van der Waals surface area contributed by atoms with Gasteiger partial charge < -0.3 is 0 Å². The van der Waals surface area contributed by atoms with Crippen molar-refractivity contribution < 1.29 is 4.79 Å². The van der Waals surface area contributed by atoms with Gasteiger partial charge in [-0.05, 0) is 42.8 Å². The zero-order valence-corrected chi connectivity index (χ0v) is 9.77. The van der Waals surface area contributed by atoms with Crippen LogP contribution in [0.2, 0.25) is 0 Å². The number of aromatic amines is 1. The number of H-pyrrole nitrogens is 1. The molecule has 2 rings (SSSR count). The van der Waals surface area contributed by atoms with Crippen LogP contribution in [0.25, 0.3) is 0 Å². The molecular formula is C11H16N2OS. The van der Waals surface area contributed by atoms with Crippen molar-refractivity contribution in [1.82, 2.24) is 10.2 Å². The summed E-state index contributed by atoms with van der Waals surface area (Å²) in [6.45, 7) is 1.55. The number of nitrogens with zero attached hydrogens (tertiary/aromatic N) is 1. The van der Waals surface area contributed by atoms with Crippen molar-refractivity contribution in [2.75, 3.05) is 11.5 Å². The van der Waals surface area contributed by atoms with E-state index in [0.717, 1.165) is 18.0 Å². The number of nitrogens with one attached hydrogen (secondary N) is 1. The Balaban J connectivity index is 1.94. The van der Waals surface area contributed by atoms with Crippen LogP contribution in [0.5, 0.6) is 0 Å². The molecule has 1 saturated heterocycles. The monoisotopic (exact) mass is 224 g/mol. The van der Waals surface area contributed by atoms with Crippen LogP contribution in [0.3, 0.4) is 0 Å². The van der Waals surface area contributed by atoms with Gasteiger partial charge in [0, 0.05) is 12.6 Å². The lowest BCUT2D eigenvalue weighted by molar-refractivity contribution is 0.101. The normalized spacial score (nSPS) is 21.5. The summed E-state index contributed by atoms with van der Waals surface area (Å²) >= 11 is 2.03. The fraction of sp³-hybridized carbons (Fsp3) is 0.636. The van der Waals surface area contributed by atoms with E-state index in [1.165, 1.54) is 24.3 Å². The minimum absolute atomic E-state index is 0.0375. The van der Waals surface area contributed by atoms with Gasteiger partial charge in [0.25, 0.3) is 0 Å². The second kappa shape index (κ2) is 4.84. The SMILES string of the molecule is CC(=O)c1cc(CC2CCCSC2)[nH]n1. The second-order valence-corrected chi connectivity index (χ2v) is 5.27. The molecule has 0 saturated carbocycles. The van der Waals surface area contributed by atoms with Gasteiger partial charge in [0.15, 0.2) is 5.78 Å². The first-order chi connectivity index (χ1) is 7.25. The molecule has 1 aliphatic heterocycles. The van der Waals surface area contributed by atoms with Gasteiger partial charge in [-0.2, -0.15) is 16.9 Å². The van der Waals surface area contributed by atoms with E-state index < -0.39 is 0 Å². The molecule has 0 amide bonds. The van der Waals surface area contributed by atoms with Gasteiger partial charge in [-0.25, -0.2) is 0 Å². The van der Waals surface area contributed by atoms with Crippen molar-refractivity contribution in [3.8, 4) is 0 Å². The van der Waals surface area contributed by atoms with Crippen LogP contribution in [-0.4, -0.2) is 27.5 Å². The Bertz CT molecular complexity index is 342. The Kier molecular flexibility index (Phi) is 3.46. The number of Topliss-reactive ketones (excluding diaryl/α,β-unsaturated/α-hetero) is 1. The standard InChI is InChI=1S/C11H16N2OS/c1-8(14)11-6-10(12-13-11)5-9-3-2-4-15-7-9/h6,9H,2-5,7H2,1H3,(H,12,13). The van der Waals surface area contributed by atoms with E-state index >= 15 is 0 Å². The molecule has 0 radical (unpaired) electrons. The molecule has 0 aliphatic carbocycles. The third kappa shape index (κ3) is 2.84. The molecule has 0 bridgehead atoms. The summed E-state index contributed by atoms with van der Waals surface area (Å²) in [5.74, 6) is 3.34. The maximum absolute atomic E-state index is 11.1. The smallest absolute Gasteiger partial charge is 0.179 e. The number of ketones is 1. The Morgan fingerprint density at radius 2 is 2.60 bits per heavy atom. The van der Waals surface area contributed by atoms with Gasteiger partial charge >= 0.3 is 0 Å². The van der Waals surface area contributed by atoms with Crippen molar-refractivity contribution >= 4 is 17.5 Å². The highest BCUT2D eigenvalue weighted by Gasteiger charge is 2.15. The highest BCUT2D eigenvalue weighted by atomic mass is 32.2. The summed E-state index contributed by atoms with van der Waals surface area (Å²) in [4.78, 5) is 11.1. The third-order valence-electron chi connectivity index (χ3n) is 2.75.